The number of esters is 4. The second kappa shape index (κ2) is 87.1. The normalized spacial score (nSPS) is 11.6. The number of hydrogen-bond acceptors (Lipinski definition) is 13. The first-order valence-electron chi connectivity index (χ1n) is 47.9. The number of nitrogens with zero attached hydrogens (tertiary/aromatic N) is 2. The Morgan fingerprint density at radius 2 is 0.450 bits per heavy atom. The molecular formula is C94H183N5O10. The van der Waals surface area contributed by atoms with Crippen molar-refractivity contribution in [1.29, 1.82) is 0 Å². The highest BCUT2D eigenvalue weighted by Crippen LogP contribution is 2.22. The molecule has 0 saturated heterocycles. The van der Waals surface area contributed by atoms with E-state index in [1.807, 2.05) is 0 Å². The fourth-order valence-electron chi connectivity index (χ4n) is 14.9. The van der Waals surface area contributed by atoms with E-state index in [1.165, 1.54) is 218 Å². The summed E-state index contributed by atoms with van der Waals surface area (Å²) in [7, 11) is 0. The van der Waals surface area contributed by atoms with E-state index in [9.17, 15) is 28.8 Å². The van der Waals surface area contributed by atoms with E-state index in [0.717, 1.165) is 232 Å². The molecule has 0 bridgehead atoms. The monoisotopic (exact) mass is 1540 g/mol. The van der Waals surface area contributed by atoms with Gasteiger partial charge in [-0.15, -0.1) is 0 Å². The van der Waals surface area contributed by atoms with E-state index in [0.29, 0.717) is 52.0 Å². The molecule has 2 amide bonds. The highest BCUT2D eigenvalue weighted by molar-refractivity contribution is 5.81. The first-order valence-corrected chi connectivity index (χ1v) is 47.9. The summed E-state index contributed by atoms with van der Waals surface area (Å²) in [5, 5.41) is 9.20. The van der Waals surface area contributed by atoms with Crippen LogP contribution in [0.2, 0.25) is 0 Å². The van der Waals surface area contributed by atoms with Gasteiger partial charge in [-0.05, 0) is 168 Å². The van der Waals surface area contributed by atoms with E-state index in [2.05, 4.69) is 67.3 Å². The first-order chi connectivity index (χ1) is 53.5. The summed E-state index contributed by atoms with van der Waals surface area (Å²) < 4.78 is 23.5. The Bertz CT molecular complexity index is 1800. The van der Waals surface area contributed by atoms with E-state index in [-0.39, 0.29) is 61.0 Å². The molecule has 0 aromatic rings. The number of ether oxygens (including phenoxy) is 4. The number of carbonyl (C=O) groups is 6. The van der Waals surface area contributed by atoms with Gasteiger partial charge in [-0.2, -0.15) is 0 Å². The van der Waals surface area contributed by atoms with Gasteiger partial charge in [0.1, 0.15) is 12.2 Å². The lowest BCUT2D eigenvalue weighted by Gasteiger charge is -2.22. The van der Waals surface area contributed by atoms with Crippen LogP contribution in [0.3, 0.4) is 0 Å². The second-order valence-corrected chi connectivity index (χ2v) is 32.9. The molecule has 0 rings (SSSR count). The highest BCUT2D eigenvalue weighted by Gasteiger charge is 2.18. The van der Waals surface area contributed by atoms with Crippen molar-refractivity contribution in [2.24, 2.45) is 0 Å². The van der Waals surface area contributed by atoms with E-state index >= 15 is 0 Å². The fraction of sp³-hybridized carbons (Fsp3) is 0.936. The van der Waals surface area contributed by atoms with Crippen LogP contribution in [0.4, 0.5) is 0 Å². The van der Waals surface area contributed by atoms with Crippen LogP contribution >= 0.6 is 0 Å². The zero-order chi connectivity index (χ0) is 79.3. The molecular weight excluding hydrogens is 1360 g/mol. The maximum atomic E-state index is 13.1. The summed E-state index contributed by atoms with van der Waals surface area (Å²) in [6, 6.07) is 0. The van der Waals surface area contributed by atoms with Crippen LogP contribution in [0.25, 0.3) is 0 Å². The molecule has 0 unspecified atom stereocenters. The third kappa shape index (κ3) is 81.1. The van der Waals surface area contributed by atoms with Crippen molar-refractivity contribution in [2.75, 3.05) is 78.7 Å². The molecule has 644 valence electrons. The maximum absolute atomic E-state index is 13.1. The summed E-state index contributed by atoms with van der Waals surface area (Å²) in [5.41, 5.74) is 0. The Balaban J connectivity index is 5.22. The van der Waals surface area contributed by atoms with Gasteiger partial charge in [-0.25, -0.2) is 0 Å². The molecule has 3 N–H and O–H groups in total. The SMILES string of the molecule is CCCCCCCCCCCOC(=O)CCCCCN(CCCCCCCC(=O)OC(CCCCCCCC)CCCCCCCC)CCCNC(=O)CNCC(=O)NCCCN(CCCCCCCC(=O)OC(CCCCCCCC)CCCCCCCC)CCCCCC(=O)OCCCCCCCCCCC. The molecule has 0 saturated carbocycles. The van der Waals surface area contributed by atoms with Crippen molar-refractivity contribution < 1.29 is 47.7 Å². The molecule has 0 aromatic heterocycles. The summed E-state index contributed by atoms with van der Waals surface area (Å²) >= 11 is 0. The Morgan fingerprint density at radius 3 is 0.725 bits per heavy atom. The fourth-order valence-corrected chi connectivity index (χ4v) is 14.9. The Kier molecular flexibility index (Phi) is 84.5. The summed E-state index contributed by atoms with van der Waals surface area (Å²) in [4.78, 5) is 82.3. The largest absolute Gasteiger partial charge is 0.466 e. The van der Waals surface area contributed by atoms with Gasteiger partial charge in [0.05, 0.1) is 26.3 Å². The van der Waals surface area contributed by atoms with Gasteiger partial charge in [0.2, 0.25) is 11.8 Å². The van der Waals surface area contributed by atoms with Crippen LogP contribution in [-0.4, -0.2) is 136 Å². The lowest BCUT2D eigenvalue weighted by Crippen LogP contribution is -2.41. The van der Waals surface area contributed by atoms with Gasteiger partial charge >= 0.3 is 23.9 Å². The Hall–Kier alpha value is -3.30. The Morgan fingerprint density at radius 1 is 0.239 bits per heavy atom. The molecule has 0 fully saturated rings. The number of hydrogen-bond donors (Lipinski definition) is 3. The van der Waals surface area contributed by atoms with Crippen LogP contribution < -0.4 is 16.0 Å². The lowest BCUT2D eigenvalue weighted by molar-refractivity contribution is -0.151. The van der Waals surface area contributed by atoms with Crippen LogP contribution in [0.15, 0.2) is 0 Å². The van der Waals surface area contributed by atoms with E-state index < -0.39 is 0 Å². The zero-order valence-corrected chi connectivity index (χ0v) is 73.2. The lowest BCUT2D eigenvalue weighted by atomic mass is 10.0. The van der Waals surface area contributed by atoms with Gasteiger partial charge in [-0.1, -0.05) is 324 Å². The molecule has 0 aromatic carbocycles. The van der Waals surface area contributed by atoms with E-state index in [1.54, 1.807) is 0 Å². The molecule has 0 aliphatic heterocycles. The van der Waals surface area contributed by atoms with Crippen LogP contribution in [-0.2, 0) is 47.7 Å². The van der Waals surface area contributed by atoms with Crippen molar-refractivity contribution in [2.45, 2.75) is 490 Å². The third-order valence-corrected chi connectivity index (χ3v) is 22.1. The van der Waals surface area contributed by atoms with Gasteiger partial charge in [-0.3, -0.25) is 34.1 Å². The molecule has 0 spiro atoms. The van der Waals surface area contributed by atoms with Gasteiger partial charge < -0.3 is 39.4 Å². The standard InChI is InChI=1S/C94H183N5O10/c1-7-13-19-25-31-33-35-47-63-83-106-91(102)71-57-49-61-79-98(77-59-45-37-43-55-73-93(104)108-87(67-51-39-27-21-15-9-3)68-52-40-28-22-16-10-4)81-65-75-96-89(100)85-95-86-90(101)97-76-66-82-99(80-62-50-58-72-92(103)107-84-64-48-36-34-32-26-20-14-8-2)78-60-46-38-44-56-74-94(105)109-88(69-53-41-29-23-17-11-5)70-54-42-30-24-18-12-6/h87-88,95H,7-86H2,1-6H3,(H,96,100)(H,97,101). The van der Waals surface area contributed by atoms with Crippen LogP contribution in [0.1, 0.15) is 478 Å². The Labute approximate surface area is 674 Å². The quantitative estimate of drug-likeness (QED) is 0.0297. The molecule has 15 nitrogen and oxygen atoms in total. The smallest absolute Gasteiger partial charge is 0.306 e. The average molecular weight is 1540 g/mol. The number of nitrogens with one attached hydrogen (secondary N) is 3. The van der Waals surface area contributed by atoms with Crippen molar-refractivity contribution in [3.8, 4) is 0 Å². The molecule has 0 aliphatic rings. The summed E-state index contributed by atoms with van der Waals surface area (Å²) in [6.45, 7) is 21.5. The number of rotatable bonds is 90. The van der Waals surface area contributed by atoms with Crippen LogP contribution in [0.5, 0.6) is 0 Å². The minimum absolute atomic E-state index is 0.0177. The average Bonchev–Trinajstić information content (AvgIpc) is 1.04. The van der Waals surface area contributed by atoms with Gasteiger partial charge in [0, 0.05) is 38.8 Å². The summed E-state index contributed by atoms with van der Waals surface area (Å²) in [6.07, 6.45) is 76.1. The van der Waals surface area contributed by atoms with Crippen molar-refractivity contribution in [3.05, 3.63) is 0 Å². The molecule has 0 aliphatic carbocycles. The van der Waals surface area contributed by atoms with Gasteiger partial charge in [0.25, 0.3) is 0 Å². The molecule has 0 radical (unpaired) electrons. The maximum Gasteiger partial charge on any atom is 0.306 e. The minimum Gasteiger partial charge on any atom is -0.466 e. The van der Waals surface area contributed by atoms with Crippen molar-refractivity contribution >= 4 is 35.7 Å². The van der Waals surface area contributed by atoms with Crippen molar-refractivity contribution in [1.82, 2.24) is 25.8 Å². The van der Waals surface area contributed by atoms with Crippen molar-refractivity contribution in [3.63, 3.8) is 0 Å². The zero-order valence-electron chi connectivity index (χ0n) is 73.2. The number of amides is 2. The van der Waals surface area contributed by atoms with Gasteiger partial charge in [0.15, 0.2) is 0 Å². The first kappa shape index (κ1) is 106. The summed E-state index contributed by atoms with van der Waals surface area (Å²) in [5.74, 6) is -0.431. The molecule has 109 heavy (non-hydrogen) atoms. The van der Waals surface area contributed by atoms with Crippen LogP contribution in [0, 0.1) is 0 Å². The number of carbonyl (C=O) groups excluding carboxylic acids is 6. The highest BCUT2D eigenvalue weighted by atomic mass is 16.6. The molecule has 0 heterocycles. The van der Waals surface area contributed by atoms with E-state index in [4.69, 9.17) is 18.9 Å². The topological polar surface area (TPSA) is 182 Å². The predicted molar refractivity (Wildman–Crippen MR) is 461 cm³/mol. The third-order valence-electron chi connectivity index (χ3n) is 22.1. The molecule has 15 heteroatoms. The predicted octanol–water partition coefficient (Wildman–Crippen LogP) is 25.0. The number of unbranched alkanes of at least 4 members (excludes halogenated alkanes) is 48. The second-order valence-electron chi connectivity index (χ2n) is 32.9. The minimum atomic E-state index is -0.121. The molecule has 0 atom stereocenters.